The number of fused-ring (bicyclic) bond motifs is 2. The Kier molecular flexibility index (Phi) is 9.18. The van der Waals surface area contributed by atoms with Crippen LogP contribution in [0.2, 0.25) is 0 Å². The zero-order chi connectivity index (χ0) is 32.2. The fourth-order valence-electron chi connectivity index (χ4n) is 7.50. The molecule has 4 atom stereocenters. The van der Waals surface area contributed by atoms with Crippen LogP contribution in [-0.4, -0.2) is 48.0 Å². The maximum Gasteiger partial charge on any atom is 0.263 e. The monoisotopic (exact) mass is 631 g/mol. The fraction of sp³-hybridized carbons (Fsp3) is 0.375. The lowest BCUT2D eigenvalue weighted by molar-refractivity contribution is -0.129. The number of rotatable bonds is 10. The zero-order valence-electron chi connectivity index (χ0n) is 27.1. The van der Waals surface area contributed by atoms with E-state index in [-0.39, 0.29) is 17.6 Å². The molecule has 3 N–H and O–H groups in total. The van der Waals surface area contributed by atoms with E-state index in [4.69, 9.17) is 9.47 Å². The first kappa shape index (κ1) is 31.3. The third kappa shape index (κ3) is 6.87. The minimum Gasteiger partial charge on any atom is -0.487 e. The predicted molar refractivity (Wildman–Crippen MR) is 185 cm³/mol. The molecule has 7 rings (SSSR count). The number of aliphatic hydroxyl groups is 1. The smallest absolute Gasteiger partial charge is 0.263 e. The van der Waals surface area contributed by atoms with Gasteiger partial charge in [-0.25, -0.2) is 0 Å². The molecule has 1 aliphatic carbocycles. The Hall–Kier alpha value is -4.33. The molecule has 1 unspecified atom stereocenters. The molecule has 4 aromatic rings. The molecule has 0 radical (unpaired) electrons. The minimum absolute atomic E-state index is 0.0590. The molecule has 244 valence electrons. The molecule has 0 bridgehead atoms. The van der Waals surface area contributed by atoms with Crippen molar-refractivity contribution in [2.45, 2.75) is 81.8 Å². The lowest BCUT2D eigenvalue weighted by atomic mass is 9.85. The lowest BCUT2D eigenvalue weighted by Gasteiger charge is -2.41. The number of amides is 1. The van der Waals surface area contributed by atoms with Crippen molar-refractivity contribution in [2.75, 3.05) is 18.0 Å². The Morgan fingerprint density at radius 2 is 1.64 bits per heavy atom. The molecule has 0 saturated heterocycles. The number of aliphatic hydroxyl groups excluding tert-OH is 1. The van der Waals surface area contributed by atoms with Gasteiger partial charge in [0.1, 0.15) is 17.1 Å². The zero-order valence-corrected chi connectivity index (χ0v) is 27.1. The van der Waals surface area contributed by atoms with Gasteiger partial charge in [0.05, 0.1) is 24.4 Å². The van der Waals surface area contributed by atoms with Gasteiger partial charge in [-0.1, -0.05) is 79.7 Å². The molecule has 0 aromatic heterocycles. The van der Waals surface area contributed by atoms with Crippen molar-refractivity contribution < 1.29 is 19.4 Å². The minimum atomic E-state index is -0.833. The van der Waals surface area contributed by atoms with Gasteiger partial charge < -0.3 is 30.1 Å². The first-order chi connectivity index (χ1) is 23.0. The van der Waals surface area contributed by atoms with Crippen molar-refractivity contribution in [3.8, 4) is 11.5 Å². The van der Waals surface area contributed by atoms with Gasteiger partial charge in [0.2, 0.25) is 0 Å². The van der Waals surface area contributed by atoms with E-state index in [0.29, 0.717) is 25.3 Å². The highest BCUT2D eigenvalue weighted by Crippen LogP contribution is 2.47. The van der Waals surface area contributed by atoms with E-state index in [1.54, 1.807) is 0 Å². The Labute approximate surface area is 277 Å². The summed E-state index contributed by atoms with van der Waals surface area (Å²) in [4.78, 5) is 16.1. The molecule has 1 amide bonds. The molecule has 7 heteroatoms. The Bertz CT molecular complexity index is 1660. The third-order valence-electron chi connectivity index (χ3n) is 10.1. The second-order valence-electron chi connectivity index (χ2n) is 13.3. The largest absolute Gasteiger partial charge is 0.487 e. The number of hydrogen-bond acceptors (Lipinski definition) is 6. The first-order valence-corrected chi connectivity index (χ1v) is 17.2. The van der Waals surface area contributed by atoms with Crippen LogP contribution in [-0.2, 0) is 17.6 Å². The molecule has 1 spiro atoms. The number of carbonyl (C=O) groups is 1. The van der Waals surface area contributed by atoms with E-state index in [0.717, 1.165) is 53.9 Å². The van der Waals surface area contributed by atoms with Crippen molar-refractivity contribution in [1.29, 1.82) is 0 Å². The maximum atomic E-state index is 14.0. The molecule has 3 aliphatic rings. The third-order valence-corrected chi connectivity index (χ3v) is 10.1. The van der Waals surface area contributed by atoms with Gasteiger partial charge >= 0.3 is 0 Å². The number of para-hydroxylation sites is 3. The van der Waals surface area contributed by atoms with Crippen LogP contribution in [0.4, 0.5) is 11.4 Å². The van der Waals surface area contributed by atoms with Crippen molar-refractivity contribution in [3.05, 3.63) is 120 Å². The van der Waals surface area contributed by atoms with Crippen LogP contribution in [0.5, 0.6) is 11.5 Å². The van der Waals surface area contributed by atoms with Crippen molar-refractivity contribution in [3.63, 3.8) is 0 Å². The predicted octanol–water partition coefficient (Wildman–Crippen LogP) is 6.66. The molecule has 1 saturated carbocycles. The summed E-state index contributed by atoms with van der Waals surface area (Å²) in [5, 5.41) is 18.7. The highest BCUT2D eigenvalue weighted by atomic mass is 16.5. The van der Waals surface area contributed by atoms with Crippen molar-refractivity contribution >= 4 is 17.3 Å². The molecule has 7 nitrogen and oxygen atoms in total. The number of anilines is 2. The molecular weight excluding hydrogens is 586 g/mol. The summed E-state index contributed by atoms with van der Waals surface area (Å²) >= 11 is 0. The van der Waals surface area contributed by atoms with E-state index < -0.39 is 18.2 Å². The lowest BCUT2D eigenvalue weighted by Crippen LogP contribution is -2.55. The Morgan fingerprint density at radius 3 is 2.40 bits per heavy atom. The van der Waals surface area contributed by atoms with Gasteiger partial charge in [-0.3, -0.25) is 4.79 Å². The molecule has 4 aromatic carbocycles. The fourth-order valence-corrected chi connectivity index (χ4v) is 7.50. The average molecular weight is 632 g/mol. The van der Waals surface area contributed by atoms with Gasteiger partial charge in [0.25, 0.3) is 5.91 Å². The van der Waals surface area contributed by atoms with Crippen LogP contribution < -0.4 is 25.0 Å². The average Bonchev–Trinajstić information content (AvgIpc) is 3.57. The molecular formula is C40H45N3O4. The topological polar surface area (TPSA) is 83.1 Å². The van der Waals surface area contributed by atoms with Crippen molar-refractivity contribution in [2.24, 2.45) is 0 Å². The summed E-state index contributed by atoms with van der Waals surface area (Å²) in [7, 11) is 0. The second kappa shape index (κ2) is 13.8. The van der Waals surface area contributed by atoms with Crippen LogP contribution in [0.1, 0.15) is 61.8 Å². The summed E-state index contributed by atoms with van der Waals surface area (Å²) < 4.78 is 12.9. The number of aryl methyl sites for hydroxylation is 1. The van der Waals surface area contributed by atoms with E-state index in [2.05, 4.69) is 40.7 Å². The Balaban J connectivity index is 1.10. The number of nitrogens with one attached hydrogen (secondary N) is 2. The summed E-state index contributed by atoms with van der Waals surface area (Å²) in [5.41, 5.74) is 5.25. The number of benzene rings is 4. The summed E-state index contributed by atoms with van der Waals surface area (Å²) in [6.45, 7) is 2.86. The number of hydrogen-bond donors (Lipinski definition) is 3. The van der Waals surface area contributed by atoms with Gasteiger partial charge in [-0.15, -0.1) is 0 Å². The van der Waals surface area contributed by atoms with Crippen molar-refractivity contribution in [1.82, 2.24) is 10.6 Å². The summed E-state index contributed by atoms with van der Waals surface area (Å²) in [6.07, 6.45) is 5.21. The van der Waals surface area contributed by atoms with Gasteiger partial charge in [0.15, 0.2) is 6.10 Å². The van der Waals surface area contributed by atoms with E-state index in [1.165, 1.54) is 18.4 Å². The standard InChI is InChI=1S/C40H45N3O4/c1-2-28-19-20-36-31(23-28)33(25-40(47-36)21-11-12-22-40)41-26-35(44)32(24-29-13-5-3-6-14-29)42-39(45)38-27-43(30-15-7-4-8-16-30)34-17-9-10-18-37(34)46-38/h3-10,13-20,23,32-33,35,38,41,44H,2,11-12,21-22,24-27H2,1H3,(H,42,45)/t32-,33-,35+,38?/m0/s1. The van der Waals surface area contributed by atoms with Gasteiger partial charge in [-0.05, 0) is 80.0 Å². The SMILES string of the molecule is CCc1ccc2c(c1)[C@@H](NC[C@@H](O)[C@H](Cc1ccccc1)NC(=O)C1CN(c3ccccc3)c3ccccc3O1)CC1(CCCC1)O2. The first-order valence-electron chi connectivity index (χ1n) is 17.2. The highest BCUT2D eigenvalue weighted by Gasteiger charge is 2.43. The summed E-state index contributed by atoms with van der Waals surface area (Å²) in [6, 6.07) is 34.0. The molecule has 47 heavy (non-hydrogen) atoms. The quantitative estimate of drug-likeness (QED) is 0.182. The van der Waals surface area contributed by atoms with E-state index in [1.807, 2.05) is 84.9 Å². The van der Waals surface area contributed by atoms with Crippen LogP contribution in [0, 0.1) is 0 Å². The highest BCUT2D eigenvalue weighted by molar-refractivity contribution is 5.85. The van der Waals surface area contributed by atoms with Crippen LogP contribution in [0.25, 0.3) is 0 Å². The number of nitrogens with zero attached hydrogens (tertiary/aromatic N) is 1. The van der Waals surface area contributed by atoms with E-state index >= 15 is 0 Å². The maximum absolute atomic E-state index is 14.0. The Morgan fingerprint density at radius 1 is 0.915 bits per heavy atom. The second-order valence-corrected chi connectivity index (χ2v) is 13.3. The van der Waals surface area contributed by atoms with Crippen LogP contribution in [0.3, 0.4) is 0 Å². The number of carbonyl (C=O) groups excluding carboxylic acids is 1. The summed E-state index contributed by atoms with van der Waals surface area (Å²) in [5.74, 6) is 1.37. The molecule has 1 fully saturated rings. The van der Waals surface area contributed by atoms with Gasteiger partial charge in [0, 0.05) is 30.3 Å². The van der Waals surface area contributed by atoms with E-state index in [9.17, 15) is 9.90 Å². The molecule has 2 aliphatic heterocycles. The van der Waals surface area contributed by atoms with Crippen LogP contribution >= 0.6 is 0 Å². The molecule has 2 heterocycles. The van der Waals surface area contributed by atoms with Crippen LogP contribution in [0.15, 0.2) is 103 Å². The number of ether oxygens (including phenoxy) is 2. The normalized spacial score (nSPS) is 20.8. The van der Waals surface area contributed by atoms with Gasteiger partial charge in [-0.2, -0.15) is 0 Å².